The summed E-state index contributed by atoms with van der Waals surface area (Å²) in [6, 6.07) is 6.66. The minimum atomic E-state index is -3.56. The van der Waals surface area contributed by atoms with Crippen molar-refractivity contribution >= 4 is 33.2 Å². The number of halogens is 2. The van der Waals surface area contributed by atoms with Crippen molar-refractivity contribution in [3.8, 4) is 6.07 Å². The first-order chi connectivity index (χ1) is 8.42. The highest BCUT2D eigenvalue weighted by molar-refractivity contribution is 7.88. The zero-order valence-electron chi connectivity index (χ0n) is 9.73. The molecule has 0 atom stereocenters. The number of hydrogen-bond donors (Lipinski definition) is 0. The fraction of sp³-hybridized carbons (Fsp3) is 0.364. The molecule has 0 unspecified atom stereocenters. The van der Waals surface area contributed by atoms with E-state index in [9.17, 15) is 8.42 Å². The van der Waals surface area contributed by atoms with Gasteiger partial charge in [0.05, 0.1) is 21.9 Å². The summed E-state index contributed by atoms with van der Waals surface area (Å²) in [5.74, 6) is -0.262. The molecule has 0 N–H and O–H groups in total. The van der Waals surface area contributed by atoms with Crippen molar-refractivity contribution in [2.24, 2.45) is 0 Å². The molecule has 0 amide bonds. The lowest BCUT2D eigenvalue weighted by Gasteiger charge is -2.17. The first-order valence-corrected chi connectivity index (χ1v) is 7.56. The molecule has 0 fully saturated rings. The Morgan fingerprint density at radius 3 is 2.61 bits per heavy atom. The Bertz CT molecular complexity index is 567. The average molecular weight is 307 g/mol. The minimum Gasteiger partial charge on any atom is -0.212 e. The second-order valence-electron chi connectivity index (χ2n) is 3.55. The van der Waals surface area contributed by atoms with Gasteiger partial charge in [-0.15, -0.1) is 0 Å². The molecule has 4 nitrogen and oxygen atoms in total. The van der Waals surface area contributed by atoms with Gasteiger partial charge < -0.3 is 0 Å². The Morgan fingerprint density at radius 1 is 1.39 bits per heavy atom. The van der Waals surface area contributed by atoms with Crippen LogP contribution in [0, 0.1) is 11.3 Å². The Balaban J connectivity index is 3.02. The van der Waals surface area contributed by atoms with Crippen LogP contribution in [0.5, 0.6) is 0 Å². The van der Waals surface area contributed by atoms with Crippen molar-refractivity contribution < 1.29 is 8.42 Å². The first-order valence-electron chi connectivity index (χ1n) is 5.20. The number of hydrogen-bond acceptors (Lipinski definition) is 3. The Kier molecular flexibility index (Phi) is 5.42. The summed E-state index contributed by atoms with van der Waals surface area (Å²) in [5.41, 5.74) is 0.431. The normalized spacial score (nSPS) is 11.5. The van der Waals surface area contributed by atoms with Crippen LogP contribution in [0.15, 0.2) is 18.2 Å². The van der Waals surface area contributed by atoms with E-state index in [0.29, 0.717) is 10.6 Å². The largest absolute Gasteiger partial charge is 0.219 e. The molecule has 1 aromatic carbocycles. The van der Waals surface area contributed by atoms with Gasteiger partial charge in [0.2, 0.25) is 10.0 Å². The highest BCUT2D eigenvalue weighted by Gasteiger charge is 2.22. The van der Waals surface area contributed by atoms with Crippen LogP contribution in [0.4, 0.5) is 0 Å². The number of sulfonamides is 1. The zero-order valence-corrected chi connectivity index (χ0v) is 12.1. The summed E-state index contributed by atoms with van der Waals surface area (Å²) in [6.07, 6.45) is 0. The molecule has 0 spiro atoms. The summed E-state index contributed by atoms with van der Waals surface area (Å²) in [4.78, 5) is 0. The van der Waals surface area contributed by atoms with Crippen LogP contribution >= 0.6 is 23.2 Å². The third-order valence-corrected chi connectivity index (χ3v) is 5.07. The van der Waals surface area contributed by atoms with Gasteiger partial charge in [0.15, 0.2) is 0 Å². The standard InChI is InChI=1S/C11H12Cl2N2O2S/c1-2-15(7-6-14)18(16,17)8-9-4-3-5-10(12)11(9)13/h3-5H,2,7-8H2,1H3. The van der Waals surface area contributed by atoms with E-state index in [1.165, 1.54) is 0 Å². The van der Waals surface area contributed by atoms with E-state index in [1.807, 2.05) is 6.07 Å². The molecule has 0 heterocycles. The predicted octanol–water partition coefficient (Wildman–Crippen LogP) is 2.67. The van der Waals surface area contributed by atoms with E-state index in [0.717, 1.165) is 4.31 Å². The van der Waals surface area contributed by atoms with E-state index in [1.54, 1.807) is 25.1 Å². The van der Waals surface area contributed by atoms with Crippen LogP contribution in [0.25, 0.3) is 0 Å². The summed E-state index contributed by atoms with van der Waals surface area (Å²) < 4.78 is 25.2. The van der Waals surface area contributed by atoms with Gasteiger partial charge in [0.25, 0.3) is 0 Å². The van der Waals surface area contributed by atoms with Crippen LogP contribution in [-0.4, -0.2) is 25.8 Å². The molecule has 0 saturated carbocycles. The minimum absolute atomic E-state index is 0.170. The van der Waals surface area contributed by atoms with Gasteiger partial charge in [-0.25, -0.2) is 8.42 Å². The van der Waals surface area contributed by atoms with Crippen LogP contribution in [0.3, 0.4) is 0 Å². The lowest BCUT2D eigenvalue weighted by atomic mass is 10.2. The quantitative estimate of drug-likeness (QED) is 0.786. The van der Waals surface area contributed by atoms with Crippen molar-refractivity contribution in [3.05, 3.63) is 33.8 Å². The van der Waals surface area contributed by atoms with E-state index in [-0.39, 0.29) is 23.9 Å². The maximum absolute atomic E-state index is 12.1. The van der Waals surface area contributed by atoms with Crippen molar-refractivity contribution in [2.75, 3.05) is 13.1 Å². The lowest BCUT2D eigenvalue weighted by molar-refractivity contribution is 0.462. The molecule has 1 rings (SSSR count). The maximum atomic E-state index is 12.1. The fourth-order valence-corrected chi connectivity index (χ4v) is 3.36. The molecule has 1 aromatic rings. The summed E-state index contributed by atoms with van der Waals surface area (Å²) in [6.45, 7) is 1.75. The topological polar surface area (TPSA) is 61.2 Å². The second-order valence-corrected chi connectivity index (χ2v) is 6.31. The molecular formula is C11H12Cl2N2O2S. The Morgan fingerprint density at radius 2 is 2.06 bits per heavy atom. The van der Waals surface area contributed by atoms with Gasteiger partial charge in [-0.3, -0.25) is 0 Å². The van der Waals surface area contributed by atoms with Gasteiger partial charge in [-0.2, -0.15) is 9.57 Å². The van der Waals surface area contributed by atoms with Crippen molar-refractivity contribution in [2.45, 2.75) is 12.7 Å². The second kappa shape index (κ2) is 6.39. The highest BCUT2D eigenvalue weighted by atomic mass is 35.5. The molecule has 0 saturated heterocycles. The van der Waals surface area contributed by atoms with E-state index >= 15 is 0 Å². The predicted molar refractivity (Wildman–Crippen MR) is 71.9 cm³/mol. The Labute approximate surface area is 117 Å². The van der Waals surface area contributed by atoms with Gasteiger partial charge in [0, 0.05) is 6.54 Å². The van der Waals surface area contributed by atoms with Crippen LogP contribution in [0.1, 0.15) is 12.5 Å². The third kappa shape index (κ3) is 3.59. The van der Waals surface area contributed by atoms with Crippen LogP contribution < -0.4 is 0 Å². The van der Waals surface area contributed by atoms with Crippen molar-refractivity contribution in [3.63, 3.8) is 0 Å². The highest BCUT2D eigenvalue weighted by Crippen LogP contribution is 2.27. The summed E-state index contributed by atoms with van der Waals surface area (Å²) in [7, 11) is -3.56. The smallest absolute Gasteiger partial charge is 0.212 e. The van der Waals surface area contributed by atoms with E-state index in [2.05, 4.69) is 0 Å². The molecule has 0 aromatic heterocycles. The van der Waals surface area contributed by atoms with Crippen LogP contribution in [0.2, 0.25) is 10.0 Å². The first kappa shape index (κ1) is 15.3. The monoisotopic (exact) mass is 306 g/mol. The molecule has 98 valence electrons. The summed E-state index contributed by atoms with van der Waals surface area (Å²) >= 11 is 11.8. The fourth-order valence-electron chi connectivity index (χ4n) is 1.43. The number of rotatable bonds is 5. The van der Waals surface area contributed by atoms with Crippen LogP contribution in [-0.2, 0) is 15.8 Å². The molecule has 0 radical (unpaired) electrons. The van der Waals surface area contributed by atoms with Crippen molar-refractivity contribution in [1.82, 2.24) is 4.31 Å². The zero-order chi connectivity index (χ0) is 13.8. The van der Waals surface area contributed by atoms with Gasteiger partial charge in [-0.1, -0.05) is 42.3 Å². The Hall–Kier alpha value is -0.800. The van der Waals surface area contributed by atoms with Gasteiger partial charge in [0.1, 0.15) is 6.54 Å². The maximum Gasteiger partial charge on any atom is 0.219 e. The van der Waals surface area contributed by atoms with E-state index in [4.69, 9.17) is 28.5 Å². The molecule has 0 aliphatic carbocycles. The average Bonchev–Trinajstić information content (AvgIpc) is 2.31. The third-order valence-electron chi connectivity index (χ3n) is 2.36. The molecule has 0 aliphatic heterocycles. The molecular weight excluding hydrogens is 295 g/mol. The van der Waals surface area contributed by atoms with E-state index < -0.39 is 10.0 Å². The molecule has 18 heavy (non-hydrogen) atoms. The summed E-state index contributed by atoms with van der Waals surface area (Å²) in [5, 5.41) is 9.14. The molecule has 0 aliphatic rings. The lowest BCUT2D eigenvalue weighted by Crippen LogP contribution is -2.32. The molecule has 7 heteroatoms. The SMILES string of the molecule is CCN(CC#N)S(=O)(=O)Cc1cccc(Cl)c1Cl. The van der Waals surface area contributed by atoms with Gasteiger partial charge >= 0.3 is 0 Å². The van der Waals surface area contributed by atoms with Crippen molar-refractivity contribution in [1.29, 1.82) is 5.26 Å². The number of nitriles is 1. The number of nitrogens with zero attached hydrogens (tertiary/aromatic N) is 2. The van der Waals surface area contributed by atoms with Gasteiger partial charge in [-0.05, 0) is 11.6 Å². The molecule has 0 bridgehead atoms. The number of benzene rings is 1.